The Hall–Kier alpha value is -0.0800. The summed E-state index contributed by atoms with van der Waals surface area (Å²) in [6.45, 7) is 4.63. The van der Waals surface area contributed by atoms with Crippen molar-refractivity contribution >= 4 is 0 Å². The third-order valence-corrected chi connectivity index (χ3v) is 0.986. The van der Waals surface area contributed by atoms with E-state index < -0.39 is 0 Å². The van der Waals surface area contributed by atoms with Gasteiger partial charge in [0, 0.05) is 26.9 Å². The van der Waals surface area contributed by atoms with Crippen molar-refractivity contribution in [1.29, 1.82) is 0 Å². The molecule has 0 aromatic heterocycles. The number of hydrogen-bond acceptors (Lipinski definition) is 2. The summed E-state index contributed by atoms with van der Waals surface area (Å²) in [6.07, 6.45) is 2.11. The summed E-state index contributed by atoms with van der Waals surface area (Å²) in [5, 5.41) is 0. The monoisotopic (exact) mass is 196 g/mol. The number of ether oxygens (including phenoxy) is 2. The Morgan fingerprint density at radius 3 is 1.77 bits per heavy atom. The van der Waals surface area contributed by atoms with Crippen LogP contribution < -0.4 is 0 Å². The summed E-state index contributed by atoms with van der Waals surface area (Å²) >= 11 is 0. The summed E-state index contributed by atoms with van der Waals surface area (Å²) in [7, 11) is 1.71. The molecule has 13 heavy (non-hydrogen) atoms. The highest BCUT2D eigenvalue weighted by molar-refractivity contribution is 4.32. The minimum absolute atomic E-state index is 0. The predicted molar refractivity (Wildman–Crippen MR) is 64.5 cm³/mol. The van der Waals surface area contributed by atoms with Gasteiger partial charge < -0.3 is 9.47 Å². The van der Waals surface area contributed by atoms with Crippen LogP contribution in [0.5, 0.6) is 0 Å². The standard InChI is InChI=1S/C7H16O2.4CH4/c1-3-5-9-7-4-6-8-2;;;;/h3-7H2,1-2H3;4*1H4. The number of hydrogen-bond donors (Lipinski definition) is 0. The van der Waals surface area contributed by atoms with Crippen molar-refractivity contribution in [2.24, 2.45) is 0 Å². The molecule has 0 N–H and O–H groups in total. The molecule has 0 bridgehead atoms. The molecule has 0 spiro atoms. The van der Waals surface area contributed by atoms with E-state index in [-0.39, 0.29) is 29.7 Å². The molecule has 0 saturated heterocycles. The summed E-state index contributed by atoms with van der Waals surface area (Å²) < 4.78 is 10.0. The van der Waals surface area contributed by atoms with Gasteiger partial charge in [0.2, 0.25) is 0 Å². The zero-order valence-electron chi connectivity index (χ0n) is 6.35. The van der Waals surface area contributed by atoms with Crippen LogP contribution in [-0.4, -0.2) is 26.9 Å². The molecule has 0 aliphatic carbocycles. The van der Waals surface area contributed by atoms with Gasteiger partial charge >= 0.3 is 0 Å². The molecule has 88 valence electrons. The van der Waals surface area contributed by atoms with E-state index in [1.165, 1.54) is 0 Å². The van der Waals surface area contributed by atoms with Crippen LogP contribution in [0.1, 0.15) is 49.5 Å². The fourth-order valence-electron chi connectivity index (χ4n) is 0.552. The molecule has 2 heteroatoms. The van der Waals surface area contributed by atoms with E-state index in [9.17, 15) is 0 Å². The summed E-state index contributed by atoms with van der Waals surface area (Å²) in [5.41, 5.74) is 0. The van der Waals surface area contributed by atoms with Gasteiger partial charge in [-0.3, -0.25) is 0 Å². The molecule has 0 atom stereocenters. The molecule has 0 rings (SSSR count). The molecule has 0 aliphatic rings. The number of methoxy groups -OCH3 is 1. The summed E-state index contributed by atoms with van der Waals surface area (Å²) in [4.78, 5) is 0. The van der Waals surface area contributed by atoms with E-state index in [4.69, 9.17) is 9.47 Å². The maximum atomic E-state index is 5.20. The van der Waals surface area contributed by atoms with Crippen LogP contribution in [-0.2, 0) is 9.47 Å². The highest BCUT2D eigenvalue weighted by atomic mass is 16.5. The SMILES string of the molecule is C.C.C.C.CCCOCCCOC. The Morgan fingerprint density at radius 1 is 0.846 bits per heavy atom. The molecule has 2 nitrogen and oxygen atoms in total. The zero-order chi connectivity index (χ0) is 6.95. The first-order valence-corrected chi connectivity index (χ1v) is 3.48. The second-order valence-corrected chi connectivity index (χ2v) is 1.96. The van der Waals surface area contributed by atoms with Crippen molar-refractivity contribution in [1.82, 2.24) is 0 Å². The lowest BCUT2D eigenvalue weighted by Gasteiger charge is -1.99. The molecule has 0 aromatic rings. The van der Waals surface area contributed by atoms with Crippen molar-refractivity contribution < 1.29 is 9.47 Å². The fraction of sp³-hybridized carbons (Fsp3) is 1.00. The van der Waals surface area contributed by atoms with Crippen molar-refractivity contribution in [2.45, 2.75) is 49.5 Å². The Morgan fingerprint density at radius 2 is 1.38 bits per heavy atom. The van der Waals surface area contributed by atoms with Crippen LogP contribution in [0.15, 0.2) is 0 Å². The van der Waals surface area contributed by atoms with Crippen molar-refractivity contribution in [3.05, 3.63) is 0 Å². The van der Waals surface area contributed by atoms with Gasteiger partial charge in [0.05, 0.1) is 0 Å². The van der Waals surface area contributed by atoms with Gasteiger partial charge in [-0.2, -0.15) is 0 Å². The summed E-state index contributed by atoms with van der Waals surface area (Å²) in [5.74, 6) is 0. The first kappa shape index (κ1) is 29.3. The van der Waals surface area contributed by atoms with E-state index in [1.54, 1.807) is 7.11 Å². The van der Waals surface area contributed by atoms with E-state index >= 15 is 0 Å². The normalized spacial score (nSPS) is 6.92. The molecular weight excluding hydrogens is 164 g/mol. The van der Waals surface area contributed by atoms with E-state index in [1.807, 2.05) is 0 Å². The third kappa shape index (κ3) is 33.5. The molecule has 0 heterocycles. The lowest BCUT2D eigenvalue weighted by atomic mass is 10.5. The molecule has 0 aliphatic heterocycles. The van der Waals surface area contributed by atoms with E-state index in [0.29, 0.717) is 0 Å². The van der Waals surface area contributed by atoms with E-state index in [2.05, 4.69) is 6.92 Å². The topological polar surface area (TPSA) is 18.5 Å². The summed E-state index contributed by atoms with van der Waals surface area (Å²) in [6, 6.07) is 0. The highest BCUT2D eigenvalue weighted by Crippen LogP contribution is 1.84. The predicted octanol–water partition coefficient (Wildman–Crippen LogP) is 3.99. The quantitative estimate of drug-likeness (QED) is 0.598. The fourth-order valence-corrected chi connectivity index (χ4v) is 0.552. The molecule has 0 fully saturated rings. The lowest BCUT2D eigenvalue weighted by molar-refractivity contribution is 0.103. The zero-order valence-corrected chi connectivity index (χ0v) is 6.35. The molecule has 0 aromatic carbocycles. The molecule has 0 amide bonds. The van der Waals surface area contributed by atoms with Gasteiger partial charge in [0.25, 0.3) is 0 Å². The van der Waals surface area contributed by atoms with Gasteiger partial charge in [-0.1, -0.05) is 36.6 Å². The smallest absolute Gasteiger partial charge is 0.0487 e. The molecular formula is C11H32O2. The second kappa shape index (κ2) is 29.7. The van der Waals surface area contributed by atoms with E-state index in [0.717, 1.165) is 32.7 Å². The second-order valence-electron chi connectivity index (χ2n) is 1.96. The minimum atomic E-state index is 0. The van der Waals surface area contributed by atoms with Crippen molar-refractivity contribution in [2.75, 3.05) is 26.9 Å². The molecule has 0 saturated carbocycles. The van der Waals surface area contributed by atoms with Gasteiger partial charge in [-0.05, 0) is 12.8 Å². The van der Waals surface area contributed by atoms with Crippen molar-refractivity contribution in [3.8, 4) is 0 Å². The van der Waals surface area contributed by atoms with Gasteiger partial charge in [-0.15, -0.1) is 0 Å². The van der Waals surface area contributed by atoms with Gasteiger partial charge in [0.15, 0.2) is 0 Å². The maximum Gasteiger partial charge on any atom is 0.0487 e. The Bertz CT molecular complexity index is 41.4. The third-order valence-electron chi connectivity index (χ3n) is 0.986. The Balaban J connectivity index is -0.0000000533. The van der Waals surface area contributed by atoms with Gasteiger partial charge in [-0.25, -0.2) is 0 Å². The first-order valence-electron chi connectivity index (χ1n) is 3.48. The Labute approximate surface area is 86.6 Å². The Kier molecular flexibility index (Phi) is 66.8. The van der Waals surface area contributed by atoms with Gasteiger partial charge in [0.1, 0.15) is 0 Å². The van der Waals surface area contributed by atoms with Crippen LogP contribution in [0.4, 0.5) is 0 Å². The first-order chi connectivity index (χ1) is 4.41. The highest BCUT2D eigenvalue weighted by Gasteiger charge is 1.84. The minimum Gasteiger partial charge on any atom is -0.385 e. The van der Waals surface area contributed by atoms with Crippen LogP contribution in [0.25, 0.3) is 0 Å². The molecule has 0 unspecified atom stereocenters. The number of rotatable bonds is 6. The van der Waals surface area contributed by atoms with Crippen molar-refractivity contribution in [3.63, 3.8) is 0 Å². The lowest BCUT2D eigenvalue weighted by Crippen LogP contribution is -1.99. The molecule has 0 radical (unpaired) electrons. The van der Waals surface area contributed by atoms with Crippen LogP contribution in [0, 0.1) is 0 Å². The largest absolute Gasteiger partial charge is 0.385 e. The van der Waals surface area contributed by atoms with Crippen LogP contribution >= 0.6 is 0 Å². The van der Waals surface area contributed by atoms with Crippen LogP contribution in [0.3, 0.4) is 0 Å². The van der Waals surface area contributed by atoms with Crippen LogP contribution in [0.2, 0.25) is 0 Å². The average Bonchev–Trinajstić information content (AvgIpc) is 1.89. The average molecular weight is 196 g/mol. The maximum absolute atomic E-state index is 5.20.